The third-order valence-electron chi connectivity index (χ3n) is 2.92. The third kappa shape index (κ3) is 3.95. The van der Waals surface area contributed by atoms with E-state index in [1.807, 2.05) is 0 Å². The molecular weight excluding hydrogens is 178 g/mol. The number of ether oxygens (including phenoxy) is 1. The molecule has 2 atom stereocenters. The molecule has 1 aliphatic rings. The molecule has 1 unspecified atom stereocenters. The first-order valence-electron chi connectivity index (χ1n) is 5.66. The van der Waals surface area contributed by atoms with Gasteiger partial charge in [-0.25, -0.2) is 0 Å². The number of nitrogens with one attached hydrogen (secondary N) is 1. The first kappa shape index (κ1) is 12.0. The first-order valence-corrected chi connectivity index (χ1v) is 5.66. The highest BCUT2D eigenvalue weighted by Gasteiger charge is 2.17. The largest absolute Gasteiger partial charge is 0.395 e. The van der Waals surface area contributed by atoms with Crippen molar-refractivity contribution in [2.45, 2.75) is 32.7 Å². The van der Waals surface area contributed by atoms with E-state index in [1.165, 1.54) is 12.8 Å². The van der Waals surface area contributed by atoms with Crippen LogP contribution in [0.25, 0.3) is 0 Å². The Morgan fingerprint density at radius 2 is 2.29 bits per heavy atom. The maximum absolute atomic E-state index is 9.13. The summed E-state index contributed by atoms with van der Waals surface area (Å²) in [5.74, 6) is 1.13. The lowest BCUT2D eigenvalue weighted by Gasteiger charge is -2.26. The minimum Gasteiger partial charge on any atom is -0.395 e. The predicted molar refractivity (Wildman–Crippen MR) is 57.3 cm³/mol. The Hall–Kier alpha value is -0.120. The van der Waals surface area contributed by atoms with Crippen molar-refractivity contribution in [3.8, 4) is 0 Å². The van der Waals surface area contributed by atoms with Gasteiger partial charge < -0.3 is 15.2 Å². The van der Waals surface area contributed by atoms with E-state index in [2.05, 4.69) is 19.2 Å². The fraction of sp³-hybridized carbons (Fsp3) is 1.00. The van der Waals surface area contributed by atoms with Crippen molar-refractivity contribution in [3.05, 3.63) is 0 Å². The molecule has 1 fully saturated rings. The van der Waals surface area contributed by atoms with Gasteiger partial charge in [-0.1, -0.05) is 13.8 Å². The second kappa shape index (κ2) is 6.38. The zero-order valence-electron chi connectivity index (χ0n) is 9.33. The molecule has 14 heavy (non-hydrogen) atoms. The van der Waals surface area contributed by atoms with Crippen LogP contribution in [0.1, 0.15) is 26.7 Å². The maximum atomic E-state index is 9.13. The lowest BCUT2D eigenvalue weighted by atomic mass is 10.00. The first-order chi connectivity index (χ1) is 6.74. The zero-order chi connectivity index (χ0) is 10.4. The van der Waals surface area contributed by atoms with Crippen LogP contribution in [-0.2, 0) is 4.74 Å². The molecule has 0 amide bonds. The van der Waals surface area contributed by atoms with E-state index in [1.54, 1.807) is 0 Å². The number of rotatable bonds is 5. The van der Waals surface area contributed by atoms with Gasteiger partial charge in [0.15, 0.2) is 0 Å². The van der Waals surface area contributed by atoms with Crippen LogP contribution in [0.3, 0.4) is 0 Å². The van der Waals surface area contributed by atoms with E-state index in [0.717, 1.165) is 19.8 Å². The molecule has 0 aliphatic carbocycles. The fourth-order valence-corrected chi connectivity index (χ4v) is 1.80. The third-order valence-corrected chi connectivity index (χ3v) is 2.92. The summed E-state index contributed by atoms with van der Waals surface area (Å²) in [5, 5.41) is 12.5. The van der Waals surface area contributed by atoms with Crippen LogP contribution < -0.4 is 5.32 Å². The zero-order valence-corrected chi connectivity index (χ0v) is 9.33. The van der Waals surface area contributed by atoms with Crippen molar-refractivity contribution in [1.82, 2.24) is 5.32 Å². The molecule has 0 aromatic carbocycles. The van der Waals surface area contributed by atoms with Crippen LogP contribution in [0.2, 0.25) is 0 Å². The maximum Gasteiger partial charge on any atom is 0.0587 e. The van der Waals surface area contributed by atoms with Gasteiger partial charge in [0.05, 0.1) is 13.2 Å². The van der Waals surface area contributed by atoms with Crippen molar-refractivity contribution in [2.24, 2.45) is 11.8 Å². The van der Waals surface area contributed by atoms with Gasteiger partial charge in [0.2, 0.25) is 0 Å². The van der Waals surface area contributed by atoms with Gasteiger partial charge >= 0.3 is 0 Å². The van der Waals surface area contributed by atoms with Crippen LogP contribution in [0.15, 0.2) is 0 Å². The van der Waals surface area contributed by atoms with Gasteiger partial charge in [-0.05, 0) is 24.7 Å². The van der Waals surface area contributed by atoms with Gasteiger partial charge in [-0.2, -0.15) is 0 Å². The summed E-state index contributed by atoms with van der Waals surface area (Å²) in [5.41, 5.74) is 0. The Morgan fingerprint density at radius 3 is 2.79 bits per heavy atom. The van der Waals surface area contributed by atoms with Gasteiger partial charge in [-0.15, -0.1) is 0 Å². The highest BCUT2D eigenvalue weighted by atomic mass is 16.5. The average molecular weight is 201 g/mol. The minimum atomic E-state index is 0.227. The summed E-state index contributed by atoms with van der Waals surface area (Å²) in [6.07, 6.45) is 2.43. The normalized spacial score (nSPS) is 25.3. The van der Waals surface area contributed by atoms with E-state index >= 15 is 0 Å². The molecule has 0 radical (unpaired) electrons. The van der Waals surface area contributed by atoms with E-state index in [4.69, 9.17) is 9.84 Å². The Kier molecular flexibility index (Phi) is 5.45. The smallest absolute Gasteiger partial charge is 0.0587 e. The Morgan fingerprint density at radius 1 is 1.50 bits per heavy atom. The van der Waals surface area contributed by atoms with E-state index < -0.39 is 0 Å². The highest BCUT2D eigenvalue weighted by Crippen LogP contribution is 2.13. The van der Waals surface area contributed by atoms with Crippen LogP contribution in [0, 0.1) is 11.8 Å². The molecule has 0 bridgehead atoms. The molecule has 3 heteroatoms. The molecule has 0 spiro atoms. The van der Waals surface area contributed by atoms with Gasteiger partial charge in [0.25, 0.3) is 0 Å². The lowest BCUT2D eigenvalue weighted by molar-refractivity contribution is 0.0517. The standard InChI is InChI=1S/C11H23NO2/c1-9(2)11(7-13)12-6-10-4-3-5-14-8-10/h9-13H,3-8H2,1-2H3/t10?,11-/m1/s1. The fourth-order valence-electron chi connectivity index (χ4n) is 1.80. The summed E-state index contributed by atoms with van der Waals surface area (Å²) in [7, 11) is 0. The molecule has 1 rings (SSSR count). The Balaban J connectivity index is 2.16. The van der Waals surface area contributed by atoms with Crippen LogP contribution in [0.4, 0.5) is 0 Å². The van der Waals surface area contributed by atoms with Crippen LogP contribution >= 0.6 is 0 Å². The quantitative estimate of drug-likeness (QED) is 0.698. The SMILES string of the molecule is CC(C)[C@@H](CO)NCC1CCCOC1. The van der Waals surface area contributed by atoms with Crippen molar-refractivity contribution < 1.29 is 9.84 Å². The van der Waals surface area contributed by atoms with Crippen molar-refractivity contribution in [1.29, 1.82) is 0 Å². The van der Waals surface area contributed by atoms with Crippen molar-refractivity contribution in [2.75, 3.05) is 26.4 Å². The van der Waals surface area contributed by atoms with Crippen molar-refractivity contribution >= 4 is 0 Å². The number of hydrogen-bond acceptors (Lipinski definition) is 3. The van der Waals surface area contributed by atoms with Gasteiger partial charge in [0, 0.05) is 19.2 Å². The lowest BCUT2D eigenvalue weighted by Crippen LogP contribution is -2.41. The highest BCUT2D eigenvalue weighted by molar-refractivity contribution is 4.73. The van der Waals surface area contributed by atoms with Gasteiger partial charge in [0.1, 0.15) is 0 Å². The summed E-state index contributed by atoms with van der Waals surface area (Å²) < 4.78 is 5.41. The Labute approximate surface area is 86.8 Å². The molecule has 1 saturated heterocycles. The van der Waals surface area contributed by atoms with E-state index in [9.17, 15) is 0 Å². The summed E-state index contributed by atoms with van der Waals surface area (Å²) in [4.78, 5) is 0. The number of hydrogen-bond donors (Lipinski definition) is 2. The van der Waals surface area contributed by atoms with Crippen LogP contribution in [-0.4, -0.2) is 37.5 Å². The molecule has 2 N–H and O–H groups in total. The van der Waals surface area contributed by atoms with E-state index in [-0.39, 0.29) is 12.6 Å². The van der Waals surface area contributed by atoms with E-state index in [0.29, 0.717) is 11.8 Å². The van der Waals surface area contributed by atoms with Crippen molar-refractivity contribution in [3.63, 3.8) is 0 Å². The molecular formula is C11H23NO2. The second-order valence-corrected chi connectivity index (χ2v) is 4.52. The van der Waals surface area contributed by atoms with Crippen LogP contribution in [0.5, 0.6) is 0 Å². The molecule has 0 saturated carbocycles. The summed E-state index contributed by atoms with van der Waals surface area (Å²) >= 11 is 0. The molecule has 1 heterocycles. The second-order valence-electron chi connectivity index (χ2n) is 4.52. The number of aliphatic hydroxyl groups is 1. The monoisotopic (exact) mass is 201 g/mol. The summed E-state index contributed by atoms with van der Waals surface area (Å²) in [6, 6.07) is 0.233. The summed E-state index contributed by atoms with van der Waals surface area (Å²) in [6.45, 7) is 7.26. The molecule has 0 aromatic rings. The van der Waals surface area contributed by atoms with Gasteiger partial charge in [-0.3, -0.25) is 0 Å². The predicted octanol–water partition coefficient (Wildman–Crippen LogP) is 1.02. The average Bonchev–Trinajstić information content (AvgIpc) is 2.20. The molecule has 1 aliphatic heterocycles. The Bertz CT molecular complexity index is 144. The topological polar surface area (TPSA) is 41.5 Å². The minimum absolute atomic E-state index is 0.227. The molecule has 84 valence electrons. The molecule has 3 nitrogen and oxygen atoms in total. The number of aliphatic hydroxyl groups excluding tert-OH is 1. The molecule has 0 aromatic heterocycles.